The smallest absolute Gasteiger partial charge is 0.108 e. The molecule has 19 heavy (non-hydrogen) atoms. The Labute approximate surface area is 119 Å². The monoisotopic (exact) mass is 274 g/mol. The molecule has 1 aromatic heterocycles. The standard InChI is InChI=1S/C16H22N2S/c1-2-6-13(7-3-1)10-11-17-12-16-18-14-8-4-5-9-15(14)19-16/h4-5,8-9,13,17H,1-3,6-7,10-12H2. The Morgan fingerprint density at radius 2 is 2.00 bits per heavy atom. The van der Waals surface area contributed by atoms with E-state index in [0.717, 1.165) is 24.5 Å². The van der Waals surface area contributed by atoms with Crippen LogP contribution in [0.4, 0.5) is 0 Å². The van der Waals surface area contributed by atoms with E-state index in [1.54, 1.807) is 0 Å². The summed E-state index contributed by atoms with van der Waals surface area (Å²) < 4.78 is 1.30. The van der Waals surface area contributed by atoms with Crippen molar-refractivity contribution in [1.29, 1.82) is 0 Å². The summed E-state index contributed by atoms with van der Waals surface area (Å²) in [5, 5.41) is 4.77. The van der Waals surface area contributed by atoms with Crippen molar-refractivity contribution < 1.29 is 0 Å². The highest BCUT2D eigenvalue weighted by atomic mass is 32.1. The number of nitrogens with zero attached hydrogens (tertiary/aromatic N) is 1. The molecule has 0 spiro atoms. The van der Waals surface area contributed by atoms with Crippen molar-refractivity contribution in [3.05, 3.63) is 29.3 Å². The molecular weight excluding hydrogens is 252 g/mol. The van der Waals surface area contributed by atoms with Gasteiger partial charge in [-0.15, -0.1) is 11.3 Å². The van der Waals surface area contributed by atoms with E-state index in [0.29, 0.717) is 0 Å². The number of nitrogens with one attached hydrogen (secondary N) is 1. The first kappa shape index (κ1) is 13.1. The number of rotatable bonds is 5. The van der Waals surface area contributed by atoms with E-state index in [1.807, 2.05) is 11.3 Å². The highest BCUT2D eigenvalue weighted by Gasteiger charge is 2.12. The Bertz CT molecular complexity index is 481. The van der Waals surface area contributed by atoms with E-state index in [-0.39, 0.29) is 0 Å². The van der Waals surface area contributed by atoms with Gasteiger partial charge in [0.05, 0.1) is 10.2 Å². The lowest BCUT2D eigenvalue weighted by molar-refractivity contribution is 0.334. The van der Waals surface area contributed by atoms with Crippen LogP contribution in [0.1, 0.15) is 43.5 Å². The van der Waals surface area contributed by atoms with Gasteiger partial charge < -0.3 is 5.32 Å². The summed E-state index contributed by atoms with van der Waals surface area (Å²) in [6.45, 7) is 2.06. The molecule has 1 heterocycles. The van der Waals surface area contributed by atoms with Crippen molar-refractivity contribution in [1.82, 2.24) is 10.3 Å². The lowest BCUT2D eigenvalue weighted by Gasteiger charge is -2.21. The fraction of sp³-hybridized carbons (Fsp3) is 0.562. The van der Waals surface area contributed by atoms with Crippen LogP contribution in [0.15, 0.2) is 24.3 Å². The first-order chi connectivity index (χ1) is 9.42. The number of benzene rings is 1. The molecule has 1 aliphatic carbocycles. The molecule has 0 saturated heterocycles. The summed E-state index contributed by atoms with van der Waals surface area (Å²) >= 11 is 1.81. The quantitative estimate of drug-likeness (QED) is 0.820. The lowest BCUT2D eigenvalue weighted by Crippen LogP contribution is -2.19. The molecule has 1 aliphatic rings. The van der Waals surface area contributed by atoms with Crippen molar-refractivity contribution >= 4 is 21.6 Å². The number of hydrogen-bond donors (Lipinski definition) is 1. The fourth-order valence-corrected chi connectivity index (χ4v) is 3.91. The molecule has 2 aromatic rings. The van der Waals surface area contributed by atoms with Crippen molar-refractivity contribution in [2.24, 2.45) is 5.92 Å². The molecule has 3 rings (SSSR count). The lowest BCUT2D eigenvalue weighted by atomic mass is 9.87. The summed E-state index contributed by atoms with van der Waals surface area (Å²) in [6, 6.07) is 8.39. The predicted octanol–water partition coefficient (Wildman–Crippen LogP) is 4.36. The van der Waals surface area contributed by atoms with Crippen LogP contribution in [-0.4, -0.2) is 11.5 Å². The topological polar surface area (TPSA) is 24.9 Å². The van der Waals surface area contributed by atoms with Crippen LogP contribution in [-0.2, 0) is 6.54 Å². The minimum absolute atomic E-state index is 0.923. The number of thiazole rings is 1. The van der Waals surface area contributed by atoms with Gasteiger partial charge in [-0.05, 0) is 31.0 Å². The Kier molecular flexibility index (Phi) is 4.46. The van der Waals surface area contributed by atoms with E-state index in [1.165, 1.54) is 48.2 Å². The maximum Gasteiger partial charge on any atom is 0.108 e. The number of fused-ring (bicyclic) bond motifs is 1. The van der Waals surface area contributed by atoms with Crippen LogP contribution in [0.2, 0.25) is 0 Å². The maximum absolute atomic E-state index is 4.65. The van der Waals surface area contributed by atoms with Crippen molar-refractivity contribution in [3.63, 3.8) is 0 Å². The Balaban J connectivity index is 1.44. The van der Waals surface area contributed by atoms with Crippen LogP contribution in [0, 0.1) is 5.92 Å². The Morgan fingerprint density at radius 3 is 2.84 bits per heavy atom. The molecule has 0 atom stereocenters. The SMILES string of the molecule is c1ccc2sc(CNCCC3CCCCC3)nc2c1. The average Bonchev–Trinajstić information content (AvgIpc) is 2.87. The second-order valence-corrected chi connectivity index (χ2v) is 6.66. The predicted molar refractivity (Wildman–Crippen MR) is 82.5 cm³/mol. The molecule has 1 aromatic carbocycles. The van der Waals surface area contributed by atoms with Crippen LogP contribution < -0.4 is 5.32 Å². The van der Waals surface area contributed by atoms with Gasteiger partial charge in [0.25, 0.3) is 0 Å². The van der Waals surface area contributed by atoms with Crippen LogP contribution >= 0.6 is 11.3 Å². The second kappa shape index (κ2) is 6.49. The van der Waals surface area contributed by atoms with Gasteiger partial charge in [0.15, 0.2) is 0 Å². The van der Waals surface area contributed by atoms with E-state index >= 15 is 0 Å². The molecule has 2 nitrogen and oxygen atoms in total. The Hall–Kier alpha value is -0.930. The molecule has 0 unspecified atom stereocenters. The normalized spacial score (nSPS) is 17.1. The molecule has 1 N–H and O–H groups in total. The van der Waals surface area contributed by atoms with Gasteiger partial charge in [0.1, 0.15) is 5.01 Å². The van der Waals surface area contributed by atoms with Crippen molar-refractivity contribution in [2.75, 3.05) is 6.54 Å². The number of hydrogen-bond acceptors (Lipinski definition) is 3. The highest BCUT2D eigenvalue weighted by Crippen LogP contribution is 2.26. The van der Waals surface area contributed by atoms with Gasteiger partial charge in [0, 0.05) is 6.54 Å². The van der Waals surface area contributed by atoms with E-state index < -0.39 is 0 Å². The third-order valence-corrected chi connectivity index (χ3v) is 5.10. The van der Waals surface area contributed by atoms with Crippen molar-refractivity contribution in [3.8, 4) is 0 Å². The van der Waals surface area contributed by atoms with Crippen LogP contribution in [0.3, 0.4) is 0 Å². The molecule has 0 amide bonds. The summed E-state index contributed by atoms with van der Waals surface area (Å²) in [5.74, 6) is 0.969. The average molecular weight is 274 g/mol. The number of aromatic nitrogens is 1. The van der Waals surface area contributed by atoms with Crippen LogP contribution in [0.25, 0.3) is 10.2 Å². The zero-order valence-electron chi connectivity index (χ0n) is 11.4. The first-order valence-corrected chi connectivity index (χ1v) is 8.28. The minimum atomic E-state index is 0.923. The third-order valence-electron chi connectivity index (χ3n) is 4.07. The summed E-state index contributed by atoms with van der Waals surface area (Å²) in [4.78, 5) is 4.65. The fourth-order valence-electron chi connectivity index (χ4n) is 2.97. The summed E-state index contributed by atoms with van der Waals surface area (Å²) in [7, 11) is 0. The van der Waals surface area contributed by atoms with E-state index in [4.69, 9.17) is 0 Å². The van der Waals surface area contributed by atoms with Gasteiger partial charge >= 0.3 is 0 Å². The zero-order valence-corrected chi connectivity index (χ0v) is 12.2. The molecular formula is C16H22N2S. The van der Waals surface area contributed by atoms with Gasteiger partial charge in [-0.3, -0.25) is 0 Å². The molecule has 102 valence electrons. The highest BCUT2D eigenvalue weighted by molar-refractivity contribution is 7.18. The summed E-state index contributed by atoms with van der Waals surface area (Å²) in [6.07, 6.45) is 8.58. The Morgan fingerprint density at radius 1 is 1.16 bits per heavy atom. The molecule has 1 fully saturated rings. The van der Waals surface area contributed by atoms with Crippen molar-refractivity contribution in [2.45, 2.75) is 45.1 Å². The molecule has 3 heteroatoms. The maximum atomic E-state index is 4.65. The number of para-hydroxylation sites is 1. The van der Waals surface area contributed by atoms with E-state index in [9.17, 15) is 0 Å². The third kappa shape index (κ3) is 3.54. The van der Waals surface area contributed by atoms with E-state index in [2.05, 4.69) is 34.6 Å². The van der Waals surface area contributed by atoms with Gasteiger partial charge in [-0.1, -0.05) is 44.2 Å². The summed E-state index contributed by atoms with van der Waals surface area (Å²) in [5.41, 5.74) is 1.14. The van der Waals surface area contributed by atoms with Gasteiger partial charge in [0.2, 0.25) is 0 Å². The zero-order chi connectivity index (χ0) is 12.9. The molecule has 0 aliphatic heterocycles. The molecule has 1 saturated carbocycles. The molecule has 0 bridgehead atoms. The minimum Gasteiger partial charge on any atom is -0.310 e. The first-order valence-electron chi connectivity index (χ1n) is 7.47. The van der Waals surface area contributed by atoms with Gasteiger partial charge in [-0.25, -0.2) is 4.98 Å². The second-order valence-electron chi connectivity index (χ2n) is 5.54. The molecule has 0 radical (unpaired) electrons. The largest absolute Gasteiger partial charge is 0.310 e. The van der Waals surface area contributed by atoms with Crippen LogP contribution in [0.5, 0.6) is 0 Å². The van der Waals surface area contributed by atoms with Gasteiger partial charge in [-0.2, -0.15) is 0 Å².